The molecule has 2 aromatic rings. The molecule has 1 N–H and O–H groups in total. The van der Waals surface area contributed by atoms with Crippen molar-refractivity contribution in [3.63, 3.8) is 0 Å². The molecule has 0 aliphatic carbocycles. The van der Waals surface area contributed by atoms with E-state index in [1.165, 1.54) is 0 Å². The molecule has 2 rings (SSSR count). The molecule has 108 valence electrons. The number of rotatable bonds is 5. The summed E-state index contributed by atoms with van der Waals surface area (Å²) in [4.78, 5) is 10.5. The summed E-state index contributed by atoms with van der Waals surface area (Å²) in [5, 5.41) is 12.4. The Balaban J connectivity index is 2.28. The number of hydrogen-bond donors (Lipinski definition) is 1. The minimum absolute atomic E-state index is 0.476. The lowest BCUT2D eigenvalue weighted by Crippen LogP contribution is -2.14. The Morgan fingerprint density at radius 2 is 2.05 bits per heavy atom. The fourth-order valence-electron chi connectivity index (χ4n) is 1.80. The van der Waals surface area contributed by atoms with Gasteiger partial charge in [-0.3, -0.25) is 0 Å². The average Bonchev–Trinajstić information content (AvgIpc) is 2.53. The first-order valence-electron chi connectivity index (χ1n) is 6.66. The van der Waals surface area contributed by atoms with Crippen LogP contribution in [0.15, 0.2) is 30.5 Å². The van der Waals surface area contributed by atoms with Gasteiger partial charge in [-0.25, -0.2) is 4.98 Å². The molecule has 0 saturated carbocycles. The van der Waals surface area contributed by atoms with Gasteiger partial charge in [-0.15, -0.1) is 0 Å². The van der Waals surface area contributed by atoms with Crippen molar-refractivity contribution >= 4 is 29.1 Å². The molecule has 0 amide bonds. The summed E-state index contributed by atoms with van der Waals surface area (Å²) in [6.07, 6.45) is 2.58. The fraction of sp³-hybridized carbons (Fsp3) is 0.267. The molecule has 0 fully saturated rings. The van der Waals surface area contributed by atoms with Gasteiger partial charge in [0.15, 0.2) is 5.82 Å². The first-order valence-corrected chi connectivity index (χ1v) is 7.03. The molecule has 1 aromatic heterocycles. The van der Waals surface area contributed by atoms with Gasteiger partial charge in [0, 0.05) is 19.3 Å². The lowest BCUT2D eigenvalue weighted by molar-refractivity contribution is 0.948. The van der Waals surface area contributed by atoms with Crippen LogP contribution in [0.2, 0.25) is 5.02 Å². The van der Waals surface area contributed by atoms with Crippen molar-refractivity contribution in [3.05, 3.63) is 41.0 Å². The predicted molar refractivity (Wildman–Crippen MR) is 85.0 cm³/mol. The molecule has 0 spiro atoms. The predicted octanol–water partition coefficient (Wildman–Crippen LogP) is 3.59. The summed E-state index contributed by atoms with van der Waals surface area (Å²) in [6.45, 7) is 2.88. The smallest absolute Gasteiger partial charge is 0.224 e. The van der Waals surface area contributed by atoms with E-state index in [1.807, 2.05) is 24.1 Å². The Labute approximate surface area is 129 Å². The largest absolute Gasteiger partial charge is 0.354 e. The van der Waals surface area contributed by atoms with E-state index in [0.717, 1.165) is 18.7 Å². The van der Waals surface area contributed by atoms with Crippen molar-refractivity contribution in [2.24, 2.45) is 0 Å². The zero-order chi connectivity index (χ0) is 15.2. The molecule has 0 unspecified atom stereocenters. The van der Waals surface area contributed by atoms with Gasteiger partial charge in [-0.05, 0) is 30.7 Å². The van der Waals surface area contributed by atoms with Gasteiger partial charge in [0.1, 0.15) is 5.02 Å². The van der Waals surface area contributed by atoms with Crippen LogP contribution >= 0.6 is 11.6 Å². The monoisotopic (exact) mass is 301 g/mol. The zero-order valence-electron chi connectivity index (χ0n) is 12.0. The van der Waals surface area contributed by atoms with Crippen molar-refractivity contribution in [1.82, 2.24) is 9.97 Å². The summed E-state index contributed by atoms with van der Waals surface area (Å²) in [5.74, 6) is 1.17. The molecule has 0 atom stereocenters. The van der Waals surface area contributed by atoms with Crippen LogP contribution < -0.4 is 10.2 Å². The maximum Gasteiger partial charge on any atom is 0.224 e. The number of halogens is 1. The van der Waals surface area contributed by atoms with E-state index >= 15 is 0 Å². The van der Waals surface area contributed by atoms with Crippen molar-refractivity contribution in [2.75, 3.05) is 23.8 Å². The zero-order valence-corrected chi connectivity index (χ0v) is 12.7. The van der Waals surface area contributed by atoms with E-state index in [0.29, 0.717) is 22.4 Å². The Morgan fingerprint density at radius 3 is 2.67 bits per heavy atom. The highest BCUT2D eigenvalue weighted by Gasteiger charge is 2.12. The highest BCUT2D eigenvalue weighted by molar-refractivity contribution is 6.33. The normalized spacial score (nSPS) is 10.0. The van der Waals surface area contributed by atoms with Crippen LogP contribution in [0.1, 0.15) is 18.9 Å². The Hall–Kier alpha value is -2.32. The molecule has 0 saturated heterocycles. The average molecular weight is 302 g/mol. The number of anilines is 3. The molecule has 1 aromatic carbocycles. The standard InChI is InChI=1S/C15H16ClN5/c1-3-8-18-15-19-10-13(16)14(20-15)21(2)12-6-4-11(9-17)5-7-12/h4-7,10H,3,8H2,1-2H3,(H,18,19,20). The molecule has 5 nitrogen and oxygen atoms in total. The number of benzene rings is 1. The summed E-state index contributed by atoms with van der Waals surface area (Å²) in [7, 11) is 1.87. The van der Waals surface area contributed by atoms with Crippen molar-refractivity contribution < 1.29 is 0 Å². The third-order valence-electron chi connectivity index (χ3n) is 2.96. The molecule has 0 aliphatic heterocycles. The quantitative estimate of drug-likeness (QED) is 0.914. The molecular weight excluding hydrogens is 286 g/mol. The SMILES string of the molecule is CCCNc1ncc(Cl)c(N(C)c2ccc(C#N)cc2)n1. The third-order valence-corrected chi connectivity index (χ3v) is 3.23. The number of hydrogen-bond acceptors (Lipinski definition) is 5. The van der Waals surface area contributed by atoms with Gasteiger partial charge in [0.25, 0.3) is 0 Å². The van der Waals surface area contributed by atoms with Gasteiger partial charge < -0.3 is 10.2 Å². The van der Waals surface area contributed by atoms with E-state index in [4.69, 9.17) is 16.9 Å². The molecule has 0 bridgehead atoms. The maximum atomic E-state index is 8.83. The molecule has 0 aliphatic rings. The van der Waals surface area contributed by atoms with Crippen LogP contribution in [-0.4, -0.2) is 23.6 Å². The number of aromatic nitrogens is 2. The van der Waals surface area contributed by atoms with Crippen molar-refractivity contribution in [2.45, 2.75) is 13.3 Å². The van der Waals surface area contributed by atoms with E-state index in [9.17, 15) is 0 Å². The molecule has 0 radical (unpaired) electrons. The fourth-order valence-corrected chi connectivity index (χ4v) is 2.02. The van der Waals surface area contributed by atoms with Crippen LogP contribution in [0.25, 0.3) is 0 Å². The third kappa shape index (κ3) is 3.61. The number of nitrogens with one attached hydrogen (secondary N) is 1. The first kappa shape index (κ1) is 15.1. The summed E-state index contributed by atoms with van der Waals surface area (Å²) in [6, 6.07) is 9.33. The minimum atomic E-state index is 0.476. The van der Waals surface area contributed by atoms with E-state index in [2.05, 4.69) is 28.3 Å². The Morgan fingerprint density at radius 1 is 1.33 bits per heavy atom. The van der Waals surface area contributed by atoms with Gasteiger partial charge in [-0.1, -0.05) is 18.5 Å². The molecule has 6 heteroatoms. The van der Waals surface area contributed by atoms with Crippen LogP contribution in [0.3, 0.4) is 0 Å². The second-order valence-corrected chi connectivity index (χ2v) is 4.92. The van der Waals surface area contributed by atoms with E-state index in [-0.39, 0.29) is 0 Å². The van der Waals surface area contributed by atoms with Gasteiger partial charge >= 0.3 is 0 Å². The van der Waals surface area contributed by atoms with Crippen LogP contribution in [-0.2, 0) is 0 Å². The van der Waals surface area contributed by atoms with Gasteiger partial charge in [0.05, 0.1) is 17.8 Å². The molecule has 21 heavy (non-hydrogen) atoms. The molecular formula is C15H16ClN5. The van der Waals surface area contributed by atoms with Gasteiger partial charge in [0.2, 0.25) is 5.95 Å². The van der Waals surface area contributed by atoms with Crippen molar-refractivity contribution in [1.29, 1.82) is 5.26 Å². The van der Waals surface area contributed by atoms with E-state index < -0.39 is 0 Å². The number of nitrogens with zero attached hydrogens (tertiary/aromatic N) is 4. The minimum Gasteiger partial charge on any atom is -0.354 e. The van der Waals surface area contributed by atoms with Gasteiger partial charge in [-0.2, -0.15) is 10.2 Å². The highest BCUT2D eigenvalue weighted by Crippen LogP contribution is 2.29. The second kappa shape index (κ2) is 6.91. The van der Waals surface area contributed by atoms with Crippen LogP contribution in [0.5, 0.6) is 0 Å². The summed E-state index contributed by atoms with van der Waals surface area (Å²) >= 11 is 6.19. The lowest BCUT2D eigenvalue weighted by atomic mass is 10.2. The first-order chi connectivity index (χ1) is 10.2. The molecule has 1 heterocycles. The Kier molecular flexibility index (Phi) is 4.96. The van der Waals surface area contributed by atoms with Crippen LogP contribution in [0.4, 0.5) is 17.5 Å². The summed E-state index contributed by atoms with van der Waals surface area (Å²) < 4.78 is 0. The topological polar surface area (TPSA) is 64.8 Å². The number of nitriles is 1. The highest BCUT2D eigenvalue weighted by atomic mass is 35.5. The lowest BCUT2D eigenvalue weighted by Gasteiger charge is -2.20. The van der Waals surface area contributed by atoms with Crippen molar-refractivity contribution in [3.8, 4) is 6.07 Å². The maximum absolute atomic E-state index is 8.83. The van der Waals surface area contributed by atoms with E-state index in [1.54, 1.807) is 18.3 Å². The second-order valence-electron chi connectivity index (χ2n) is 4.51. The summed E-state index contributed by atoms with van der Waals surface area (Å²) in [5.41, 5.74) is 1.52. The Bertz CT molecular complexity index is 648. The van der Waals surface area contributed by atoms with Crippen LogP contribution in [0, 0.1) is 11.3 Å².